The Bertz CT molecular complexity index is 430. The summed E-state index contributed by atoms with van der Waals surface area (Å²) in [7, 11) is 1.33. The number of rotatable bonds is 3. The third-order valence-corrected chi connectivity index (χ3v) is 2.94. The lowest BCUT2D eigenvalue weighted by molar-refractivity contribution is 0.0594. The van der Waals surface area contributed by atoms with E-state index in [9.17, 15) is 4.79 Å². The van der Waals surface area contributed by atoms with Crippen molar-refractivity contribution in [2.45, 2.75) is 19.3 Å². The number of nitrogens with two attached hydrogens (primary N) is 1. The molecule has 2 rings (SSSR count). The number of carbonyl (C=O) groups is 1. The van der Waals surface area contributed by atoms with Crippen molar-refractivity contribution in [1.29, 1.82) is 0 Å². The van der Waals surface area contributed by atoms with Crippen molar-refractivity contribution < 1.29 is 9.53 Å². The number of anilines is 2. The molecule has 1 aliphatic rings. The first-order chi connectivity index (χ1) is 8.70. The third kappa shape index (κ3) is 2.89. The fourth-order valence-corrected chi connectivity index (χ4v) is 1.93. The second kappa shape index (κ2) is 5.68. The minimum absolute atomic E-state index is 0.256. The minimum Gasteiger partial charge on any atom is -0.464 e. The number of hydrogen-bond acceptors (Lipinski definition) is 6. The highest BCUT2D eigenvalue weighted by atomic mass is 16.5. The van der Waals surface area contributed by atoms with Crippen molar-refractivity contribution in [3.63, 3.8) is 0 Å². The molecule has 0 radical (unpaired) electrons. The molecule has 0 saturated carbocycles. The van der Waals surface area contributed by atoms with Gasteiger partial charge in [-0.15, -0.1) is 0 Å². The Morgan fingerprint density at radius 1 is 1.39 bits per heavy atom. The summed E-state index contributed by atoms with van der Waals surface area (Å²) in [5.74, 6) is 0.0523. The molecule has 98 valence electrons. The van der Waals surface area contributed by atoms with Crippen molar-refractivity contribution in [3.8, 4) is 0 Å². The number of hydrogen-bond donors (Lipinski definition) is 2. The van der Waals surface area contributed by atoms with Gasteiger partial charge in [0.1, 0.15) is 0 Å². The van der Waals surface area contributed by atoms with Crippen LogP contribution in [0.1, 0.15) is 29.8 Å². The van der Waals surface area contributed by atoms with Crippen LogP contribution in [0.5, 0.6) is 0 Å². The lowest BCUT2D eigenvalue weighted by atomic mass is 10.2. The maximum atomic E-state index is 11.4. The lowest BCUT2D eigenvalue weighted by Crippen LogP contribution is -2.35. The lowest BCUT2D eigenvalue weighted by Gasteiger charge is -2.27. The van der Waals surface area contributed by atoms with E-state index >= 15 is 0 Å². The maximum Gasteiger partial charge on any atom is 0.356 e. The molecule has 0 aromatic carbocycles. The molecule has 6 heteroatoms. The van der Waals surface area contributed by atoms with Crippen LogP contribution in [0.3, 0.4) is 0 Å². The van der Waals surface area contributed by atoms with Crippen molar-refractivity contribution >= 4 is 17.5 Å². The number of pyridine rings is 1. The van der Waals surface area contributed by atoms with E-state index in [-0.39, 0.29) is 5.69 Å². The van der Waals surface area contributed by atoms with Crippen molar-refractivity contribution in [3.05, 3.63) is 17.8 Å². The molecule has 6 nitrogen and oxygen atoms in total. The van der Waals surface area contributed by atoms with E-state index in [1.807, 2.05) is 0 Å². The zero-order chi connectivity index (χ0) is 13.0. The summed E-state index contributed by atoms with van der Waals surface area (Å²) < 4.78 is 4.64. The Morgan fingerprint density at radius 3 is 2.78 bits per heavy atom. The number of methoxy groups -OCH3 is 1. The first-order valence-electron chi connectivity index (χ1n) is 6.07. The summed E-state index contributed by atoms with van der Waals surface area (Å²) in [6.07, 6.45) is 3.57. The largest absolute Gasteiger partial charge is 0.464 e. The van der Waals surface area contributed by atoms with E-state index in [0.717, 1.165) is 25.9 Å². The van der Waals surface area contributed by atoms with Gasteiger partial charge in [-0.25, -0.2) is 14.8 Å². The van der Waals surface area contributed by atoms with E-state index in [2.05, 4.69) is 20.2 Å². The number of esters is 1. The number of carbonyl (C=O) groups excluding carboxylic acids is 1. The number of hydrazine groups is 1. The fraction of sp³-hybridized carbons (Fsp3) is 0.500. The van der Waals surface area contributed by atoms with E-state index in [4.69, 9.17) is 5.73 Å². The average molecular weight is 250 g/mol. The van der Waals surface area contributed by atoms with Crippen molar-refractivity contribution in [2.24, 2.45) is 0 Å². The molecule has 0 unspecified atom stereocenters. The predicted molar refractivity (Wildman–Crippen MR) is 69.0 cm³/mol. The number of nitrogens with one attached hydrogen (secondary N) is 1. The van der Waals surface area contributed by atoms with Crippen molar-refractivity contribution in [2.75, 3.05) is 31.4 Å². The molecular weight excluding hydrogens is 232 g/mol. The monoisotopic (exact) mass is 250 g/mol. The molecular formula is C12H18N4O2. The second-order valence-corrected chi connectivity index (χ2v) is 4.29. The van der Waals surface area contributed by atoms with Gasteiger partial charge in [0, 0.05) is 13.1 Å². The van der Waals surface area contributed by atoms with Crippen molar-refractivity contribution in [1.82, 2.24) is 9.99 Å². The van der Waals surface area contributed by atoms with E-state index < -0.39 is 5.97 Å². The molecule has 3 N–H and O–H groups in total. The standard InChI is InChI=1S/C12H18N4O2/c1-18-12(17)10-6-5-9(13)11(14-10)15-16-7-3-2-4-8-16/h5-6H,2-4,7-8,13H2,1H3,(H,14,15). The topological polar surface area (TPSA) is 80.5 Å². The average Bonchev–Trinajstić information content (AvgIpc) is 2.41. The Hall–Kier alpha value is -1.82. The quantitative estimate of drug-likeness (QED) is 0.786. The second-order valence-electron chi connectivity index (χ2n) is 4.29. The number of piperidine rings is 1. The summed E-state index contributed by atoms with van der Waals surface area (Å²) in [6, 6.07) is 3.22. The van der Waals surface area contributed by atoms with Gasteiger partial charge in [-0.1, -0.05) is 6.42 Å². The van der Waals surface area contributed by atoms with Gasteiger partial charge in [0.15, 0.2) is 11.5 Å². The van der Waals surface area contributed by atoms with Crippen LogP contribution in [0.15, 0.2) is 12.1 Å². The van der Waals surface area contributed by atoms with Gasteiger partial charge in [-0.05, 0) is 25.0 Å². The van der Waals surface area contributed by atoms with E-state index in [0.29, 0.717) is 11.5 Å². The van der Waals surface area contributed by atoms with Crippen LogP contribution in [-0.2, 0) is 4.74 Å². The van der Waals surface area contributed by atoms with Gasteiger partial charge in [0.25, 0.3) is 0 Å². The number of aromatic nitrogens is 1. The minimum atomic E-state index is -0.461. The van der Waals surface area contributed by atoms with E-state index in [1.165, 1.54) is 13.5 Å². The van der Waals surface area contributed by atoms with Crippen LogP contribution in [-0.4, -0.2) is 36.2 Å². The maximum absolute atomic E-state index is 11.4. The predicted octanol–water partition coefficient (Wildman–Crippen LogP) is 1.26. The van der Waals surface area contributed by atoms with Gasteiger partial charge < -0.3 is 15.9 Å². The highest BCUT2D eigenvalue weighted by molar-refractivity contribution is 5.88. The van der Waals surface area contributed by atoms with Gasteiger partial charge in [-0.2, -0.15) is 0 Å². The summed E-state index contributed by atoms with van der Waals surface area (Å²) in [6.45, 7) is 1.92. The summed E-state index contributed by atoms with van der Waals surface area (Å²) in [5.41, 5.74) is 9.78. The highest BCUT2D eigenvalue weighted by Gasteiger charge is 2.14. The van der Waals surface area contributed by atoms with Crippen LogP contribution in [0, 0.1) is 0 Å². The van der Waals surface area contributed by atoms with Gasteiger partial charge >= 0.3 is 5.97 Å². The zero-order valence-electron chi connectivity index (χ0n) is 10.5. The third-order valence-electron chi connectivity index (χ3n) is 2.94. The molecule has 0 atom stereocenters. The van der Waals surface area contributed by atoms with Gasteiger partial charge in [-0.3, -0.25) is 0 Å². The smallest absolute Gasteiger partial charge is 0.356 e. The Labute approximate surface area is 106 Å². The van der Waals surface area contributed by atoms with Gasteiger partial charge in [0.05, 0.1) is 12.8 Å². The Balaban J connectivity index is 2.12. The molecule has 0 amide bonds. The van der Waals surface area contributed by atoms with Crippen LogP contribution < -0.4 is 11.2 Å². The zero-order valence-corrected chi connectivity index (χ0v) is 10.5. The Kier molecular flexibility index (Phi) is 3.99. The number of nitrogens with zero attached hydrogens (tertiary/aromatic N) is 2. The first-order valence-corrected chi connectivity index (χ1v) is 6.07. The highest BCUT2D eigenvalue weighted by Crippen LogP contribution is 2.18. The molecule has 1 aliphatic heterocycles. The van der Waals surface area contributed by atoms with Gasteiger partial charge in [0.2, 0.25) is 0 Å². The molecule has 18 heavy (non-hydrogen) atoms. The molecule has 1 aromatic heterocycles. The molecule has 0 bridgehead atoms. The summed E-state index contributed by atoms with van der Waals surface area (Å²) in [5, 5.41) is 2.07. The number of ether oxygens (including phenoxy) is 1. The normalized spacial score (nSPS) is 16.3. The Morgan fingerprint density at radius 2 is 2.11 bits per heavy atom. The first kappa shape index (κ1) is 12.6. The summed E-state index contributed by atoms with van der Waals surface area (Å²) in [4.78, 5) is 15.6. The molecule has 1 fully saturated rings. The molecule has 0 aliphatic carbocycles. The molecule has 2 heterocycles. The molecule has 1 aromatic rings. The van der Waals surface area contributed by atoms with Crippen LogP contribution in [0.25, 0.3) is 0 Å². The van der Waals surface area contributed by atoms with Crippen LogP contribution in [0.4, 0.5) is 11.5 Å². The molecule has 0 spiro atoms. The van der Waals surface area contributed by atoms with Crippen LogP contribution in [0.2, 0.25) is 0 Å². The fourth-order valence-electron chi connectivity index (χ4n) is 1.93. The number of nitrogen functional groups attached to an aromatic ring is 1. The molecule has 1 saturated heterocycles. The SMILES string of the molecule is COC(=O)c1ccc(N)c(NN2CCCCC2)n1. The van der Waals surface area contributed by atoms with E-state index in [1.54, 1.807) is 12.1 Å². The summed E-state index contributed by atoms with van der Waals surface area (Å²) >= 11 is 0. The van der Waals surface area contributed by atoms with Crippen LogP contribution >= 0.6 is 0 Å².